The van der Waals surface area contributed by atoms with Gasteiger partial charge in [0.2, 0.25) is 0 Å². The van der Waals surface area contributed by atoms with Crippen molar-refractivity contribution in [1.82, 2.24) is 0 Å². The molecule has 2 rings (SSSR count). The Kier molecular flexibility index (Phi) is 3.57. The van der Waals surface area contributed by atoms with Crippen LogP contribution in [0.1, 0.15) is 25.7 Å². The van der Waals surface area contributed by atoms with Gasteiger partial charge in [-0.15, -0.1) is 11.3 Å². The van der Waals surface area contributed by atoms with E-state index in [1.807, 2.05) is 19.9 Å². The number of rotatable bonds is 3. The number of hydrogen-bond acceptors (Lipinski definition) is 2. The average Bonchev–Trinajstić information content (AvgIpc) is 2.63. The maximum Gasteiger partial charge on any atom is 0.177 e. The van der Waals surface area contributed by atoms with Crippen LogP contribution in [0.25, 0.3) is 0 Å². The highest BCUT2D eigenvalue weighted by atomic mass is 32.1. The number of hydrogen-bond donors (Lipinski definition) is 0. The van der Waals surface area contributed by atoms with E-state index in [0.29, 0.717) is 4.88 Å². The van der Waals surface area contributed by atoms with Gasteiger partial charge in [0.15, 0.2) is 5.78 Å². The second-order valence-electron chi connectivity index (χ2n) is 4.17. The molecule has 4 heteroatoms. The highest BCUT2D eigenvalue weighted by Crippen LogP contribution is 2.24. The zero-order valence-electron chi connectivity index (χ0n) is 10.1. The van der Waals surface area contributed by atoms with E-state index in [0.717, 1.165) is 22.6 Å². The van der Waals surface area contributed by atoms with Crippen LogP contribution in [0.5, 0.6) is 0 Å². The molecule has 0 saturated carbocycles. The number of ketones is 1. The van der Waals surface area contributed by atoms with Crippen LogP contribution in [0.4, 0.5) is 8.78 Å². The molecule has 1 nitrogen and oxygen atoms in total. The first-order valence-corrected chi connectivity index (χ1v) is 6.34. The molecule has 0 amide bonds. The lowest BCUT2D eigenvalue weighted by atomic mass is 10.1. The third-order valence-corrected chi connectivity index (χ3v) is 3.89. The summed E-state index contributed by atoms with van der Waals surface area (Å²) in [6.07, 6.45) is -0.237. The van der Waals surface area contributed by atoms with Crippen molar-refractivity contribution in [3.8, 4) is 0 Å². The molecule has 0 N–H and O–H groups in total. The first kappa shape index (κ1) is 12.9. The molecule has 0 bridgehead atoms. The SMILES string of the molecule is Cc1cc(C)c(C(=O)Cc2c(F)cccc2F)s1. The number of thiophene rings is 1. The zero-order chi connectivity index (χ0) is 13.3. The summed E-state index contributed by atoms with van der Waals surface area (Å²) < 4.78 is 26.9. The summed E-state index contributed by atoms with van der Waals surface area (Å²) in [7, 11) is 0. The Morgan fingerprint density at radius 1 is 1.22 bits per heavy atom. The van der Waals surface area contributed by atoms with Gasteiger partial charge in [0.1, 0.15) is 11.6 Å². The average molecular weight is 266 g/mol. The van der Waals surface area contributed by atoms with Gasteiger partial charge in [-0.2, -0.15) is 0 Å². The molecule has 0 unspecified atom stereocenters. The highest BCUT2D eigenvalue weighted by molar-refractivity contribution is 7.14. The topological polar surface area (TPSA) is 17.1 Å². The van der Waals surface area contributed by atoms with Crippen molar-refractivity contribution in [2.45, 2.75) is 20.3 Å². The van der Waals surface area contributed by atoms with E-state index >= 15 is 0 Å². The molecule has 1 heterocycles. The first-order chi connectivity index (χ1) is 8.49. The number of benzene rings is 1. The molecule has 0 aliphatic carbocycles. The van der Waals surface area contributed by atoms with Gasteiger partial charge in [-0.05, 0) is 37.6 Å². The van der Waals surface area contributed by atoms with Crippen molar-refractivity contribution in [2.75, 3.05) is 0 Å². The predicted molar refractivity (Wildman–Crippen MR) is 68.2 cm³/mol. The Balaban J connectivity index is 2.30. The van der Waals surface area contributed by atoms with Gasteiger partial charge >= 0.3 is 0 Å². The molecule has 0 spiro atoms. The van der Waals surface area contributed by atoms with Crippen LogP contribution in [-0.4, -0.2) is 5.78 Å². The van der Waals surface area contributed by atoms with Crippen molar-refractivity contribution in [2.24, 2.45) is 0 Å². The van der Waals surface area contributed by atoms with E-state index in [1.54, 1.807) is 0 Å². The minimum absolute atomic E-state index is 0.159. The van der Waals surface area contributed by atoms with Gasteiger partial charge in [-0.1, -0.05) is 6.07 Å². The smallest absolute Gasteiger partial charge is 0.177 e. The Bertz CT molecular complexity index is 582. The van der Waals surface area contributed by atoms with Crippen molar-refractivity contribution in [1.29, 1.82) is 0 Å². The van der Waals surface area contributed by atoms with E-state index in [4.69, 9.17) is 0 Å². The lowest BCUT2D eigenvalue weighted by Gasteiger charge is -2.03. The van der Waals surface area contributed by atoms with Crippen molar-refractivity contribution in [3.63, 3.8) is 0 Å². The minimum Gasteiger partial charge on any atom is -0.293 e. The second-order valence-corrected chi connectivity index (χ2v) is 5.43. The maximum atomic E-state index is 13.4. The summed E-state index contributed by atoms with van der Waals surface area (Å²) >= 11 is 1.36. The Hall–Kier alpha value is -1.55. The summed E-state index contributed by atoms with van der Waals surface area (Å²) in [6.45, 7) is 3.73. The summed E-state index contributed by atoms with van der Waals surface area (Å²) in [4.78, 5) is 13.6. The molecular formula is C14H12F2OS. The van der Waals surface area contributed by atoms with Gasteiger partial charge in [0.25, 0.3) is 0 Å². The molecule has 2 aromatic rings. The fourth-order valence-electron chi connectivity index (χ4n) is 1.86. The molecular weight excluding hydrogens is 254 g/mol. The Morgan fingerprint density at radius 2 is 1.83 bits per heavy atom. The molecule has 0 fully saturated rings. The van der Waals surface area contributed by atoms with E-state index in [1.165, 1.54) is 17.4 Å². The lowest BCUT2D eigenvalue weighted by Crippen LogP contribution is -2.06. The quantitative estimate of drug-likeness (QED) is 0.765. The zero-order valence-corrected chi connectivity index (χ0v) is 10.9. The number of carbonyl (C=O) groups is 1. The number of carbonyl (C=O) groups excluding carboxylic acids is 1. The van der Waals surface area contributed by atoms with Crippen LogP contribution in [0.2, 0.25) is 0 Å². The Morgan fingerprint density at radius 3 is 2.33 bits per heavy atom. The van der Waals surface area contributed by atoms with E-state index in [9.17, 15) is 13.6 Å². The maximum absolute atomic E-state index is 13.4. The molecule has 0 aliphatic heterocycles. The van der Waals surface area contributed by atoms with Crippen LogP contribution in [0.3, 0.4) is 0 Å². The lowest BCUT2D eigenvalue weighted by molar-refractivity contribution is 0.0994. The number of Topliss-reactive ketones (excluding diaryl/α,β-unsaturated/α-hetero) is 1. The van der Waals surface area contributed by atoms with Crippen LogP contribution in [0, 0.1) is 25.5 Å². The summed E-state index contributed by atoms with van der Waals surface area (Å²) in [5.74, 6) is -1.59. The molecule has 0 atom stereocenters. The fourth-order valence-corrected chi connectivity index (χ4v) is 2.82. The normalized spacial score (nSPS) is 10.7. The van der Waals surface area contributed by atoms with Gasteiger partial charge < -0.3 is 0 Å². The number of halogens is 2. The fraction of sp³-hybridized carbons (Fsp3) is 0.214. The molecule has 94 valence electrons. The summed E-state index contributed by atoms with van der Waals surface area (Å²) in [5.41, 5.74) is 0.701. The van der Waals surface area contributed by atoms with Crippen LogP contribution < -0.4 is 0 Å². The molecule has 1 aromatic carbocycles. The largest absolute Gasteiger partial charge is 0.293 e. The van der Waals surface area contributed by atoms with E-state index in [-0.39, 0.29) is 17.8 Å². The molecule has 18 heavy (non-hydrogen) atoms. The Labute approximate surface area is 108 Å². The van der Waals surface area contributed by atoms with Crippen molar-refractivity contribution < 1.29 is 13.6 Å². The van der Waals surface area contributed by atoms with Crippen molar-refractivity contribution in [3.05, 3.63) is 56.8 Å². The summed E-state index contributed by atoms with van der Waals surface area (Å²) in [5, 5.41) is 0. The standard InChI is InChI=1S/C14H12F2OS/c1-8-6-9(2)18-14(8)13(17)7-10-11(15)4-3-5-12(10)16/h3-6H,7H2,1-2H3. The van der Waals surface area contributed by atoms with Crippen molar-refractivity contribution >= 4 is 17.1 Å². The summed E-state index contributed by atoms with van der Waals surface area (Å²) in [6, 6.07) is 5.52. The molecule has 0 aliphatic rings. The third-order valence-electron chi connectivity index (χ3n) is 2.69. The number of aryl methyl sites for hydroxylation is 2. The van der Waals surface area contributed by atoms with Gasteiger partial charge in [-0.25, -0.2) is 8.78 Å². The van der Waals surface area contributed by atoms with Crippen LogP contribution in [-0.2, 0) is 6.42 Å². The second kappa shape index (κ2) is 4.98. The molecule has 0 saturated heterocycles. The van der Waals surface area contributed by atoms with Gasteiger partial charge in [0.05, 0.1) is 4.88 Å². The minimum atomic E-state index is -0.672. The van der Waals surface area contributed by atoms with Crippen LogP contribution in [0.15, 0.2) is 24.3 Å². The predicted octanol–water partition coefficient (Wildman–Crippen LogP) is 4.07. The van der Waals surface area contributed by atoms with Gasteiger partial charge in [0, 0.05) is 16.9 Å². The highest BCUT2D eigenvalue weighted by Gasteiger charge is 2.17. The van der Waals surface area contributed by atoms with Crippen LogP contribution >= 0.6 is 11.3 Å². The first-order valence-electron chi connectivity index (χ1n) is 5.52. The van der Waals surface area contributed by atoms with Gasteiger partial charge in [-0.3, -0.25) is 4.79 Å². The van der Waals surface area contributed by atoms with E-state index < -0.39 is 11.6 Å². The molecule has 1 aromatic heterocycles. The van der Waals surface area contributed by atoms with E-state index in [2.05, 4.69) is 0 Å². The third kappa shape index (κ3) is 2.48. The monoisotopic (exact) mass is 266 g/mol. The molecule has 0 radical (unpaired) electrons.